The van der Waals surface area contributed by atoms with Crippen molar-refractivity contribution in [1.82, 2.24) is 5.32 Å². The fourth-order valence-corrected chi connectivity index (χ4v) is 3.05. The van der Waals surface area contributed by atoms with Crippen LogP contribution in [0.2, 0.25) is 5.02 Å². The molecule has 0 spiro atoms. The van der Waals surface area contributed by atoms with Crippen LogP contribution in [0.4, 0.5) is 5.69 Å². The molecule has 7 heteroatoms. The van der Waals surface area contributed by atoms with Crippen LogP contribution < -0.4 is 10.6 Å². The van der Waals surface area contributed by atoms with E-state index in [2.05, 4.69) is 10.6 Å². The monoisotopic (exact) mass is 328 g/mol. The van der Waals surface area contributed by atoms with E-state index < -0.39 is 0 Å². The van der Waals surface area contributed by atoms with Crippen LogP contribution in [0.5, 0.6) is 0 Å². The standard InChI is InChI=1S/C14H17ClN2O3S/c1-18-11-7-20-12-10(6-19-13(11)12)17-14(21)16-9-4-2-8(15)3-5-9/h2-5,10-13H,6-7H2,1H3,(H2,16,17,21)/t10-,11+,12+,13+/m0/s1. The van der Waals surface area contributed by atoms with Gasteiger partial charge in [0.15, 0.2) is 5.11 Å². The summed E-state index contributed by atoms with van der Waals surface area (Å²) in [5.74, 6) is 0. The van der Waals surface area contributed by atoms with Gasteiger partial charge in [-0.2, -0.15) is 0 Å². The van der Waals surface area contributed by atoms with E-state index in [1.165, 1.54) is 0 Å². The van der Waals surface area contributed by atoms with E-state index in [4.69, 9.17) is 38.0 Å². The summed E-state index contributed by atoms with van der Waals surface area (Å²) in [5.41, 5.74) is 0.884. The lowest BCUT2D eigenvalue weighted by molar-refractivity contribution is -0.00798. The molecule has 4 atom stereocenters. The molecule has 114 valence electrons. The summed E-state index contributed by atoms with van der Waals surface area (Å²) in [7, 11) is 1.67. The van der Waals surface area contributed by atoms with Gasteiger partial charge in [-0.25, -0.2) is 0 Å². The first kappa shape index (κ1) is 15.0. The summed E-state index contributed by atoms with van der Waals surface area (Å²) < 4.78 is 16.8. The minimum Gasteiger partial charge on any atom is -0.376 e. The van der Waals surface area contributed by atoms with E-state index in [1.807, 2.05) is 24.3 Å². The van der Waals surface area contributed by atoms with Gasteiger partial charge in [-0.3, -0.25) is 0 Å². The maximum absolute atomic E-state index is 5.85. The Bertz CT molecular complexity index is 513. The Morgan fingerprint density at radius 1 is 1.24 bits per heavy atom. The number of benzene rings is 1. The van der Waals surface area contributed by atoms with Gasteiger partial charge in [0.05, 0.1) is 19.3 Å². The number of anilines is 1. The number of rotatable bonds is 3. The van der Waals surface area contributed by atoms with Crippen molar-refractivity contribution in [2.75, 3.05) is 25.6 Å². The first-order valence-electron chi connectivity index (χ1n) is 6.76. The van der Waals surface area contributed by atoms with E-state index >= 15 is 0 Å². The fourth-order valence-electron chi connectivity index (χ4n) is 2.66. The molecule has 21 heavy (non-hydrogen) atoms. The number of methoxy groups -OCH3 is 1. The molecular weight excluding hydrogens is 312 g/mol. The lowest BCUT2D eigenvalue weighted by atomic mass is 10.1. The molecular formula is C14H17ClN2O3S. The zero-order valence-corrected chi connectivity index (χ0v) is 13.1. The van der Waals surface area contributed by atoms with Crippen LogP contribution in [-0.4, -0.2) is 49.8 Å². The first-order valence-corrected chi connectivity index (χ1v) is 7.55. The number of hydrogen-bond acceptors (Lipinski definition) is 4. The van der Waals surface area contributed by atoms with Crippen LogP contribution in [0.1, 0.15) is 0 Å². The number of thiocarbonyl (C=S) groups is 1. The van der Waals surface area contributed by atoms with Gasteiger partial charge in [0.25, 0.3) is 0 Å². The van der Waals surface area contributed by atoms with Crippen LogP contribution in [-0.2, 0) is 14.2 Å². The van der Waals surface area contributed by atoms with Crippen molar-refractivity contribution in [3.63, 3.8) is 0 Å². The van der Waals surface area contributed by atoms with Gasteiger partial charge < -0.3 is 24.8 Å². The number of nitrogens with one attached hydrogen (secondary N) is 2. The van der Waals surface area contributed by atoms with Crippen molar-refractivity contribution in [2.24, 2.45) is 0 Å². The maximum atomic E-state index is 5.85. The van der Waals surface area contributed by atoms with E-state index in [0.717, 1.165) is 5.69 Å². The summed E-state index contributed by atoms with van der Waals surface area (Å²) in [5, 5.41) is 7.59. The van der Waals surface area contributed by atoms with Gasteiger partial charge in [0.1, 0.15) is 18.3 Å². The molecule has 3 rings (SSSR count). The lowest BCUT2D eigenvalue weighted by Crippen LogP contribution is -2.45. The minimum atomic E-state index is -0.0279. The predicted molar refractivity (Wildman–Crippen MR) is 84.9 cm³/mol. The molecule has 2 aliphatic rings. The Balaban J connectivity index is 1.55. The molecule has 2 N–H and O–H groups in total. The Kier molecular flexibility index (Phi) is 4.61. The smallest absolute Gasteiger partial charge is 0.171 e. The SMILES string of the molecule is CO[C@@H]1CO[C@H]2[C@@H]1OC[C@@H]2NC(=S)Nc1ccc(Cl)cc1. The van der Waals surface area contributed by atoms with Crippen molar-refractivity contribution >= 4 is 34.6 Å². The molecule has 0 aromatic heterocycles. The number of ether oxygens (including phenoxy) is 3. The third-order valence-electron chi connectivity index (χ3n) is 3.73. The molecule has 0 saturated carbocycles. The molecule has 0 aliphatic carbocycles. The summed E-state index contributed by atoms with van der Waals surface area (Å²) in [6, 6.07) is 7.39. The van der Waals surface area contributed by atoms with Crippen molar-refractivity contribution in [3.05, 3.63) is 29.3 Å². The summed E-state index contributed by atoms with van der Waals surface area (Å²) >= 11 is 11.2. The molecule has 2 aliphatic heterocycles. The van der Waals surface area contributed by atoms with E-state index in [-0.39, 0.29) is 24.4 Å². The molecule has 2 saturated heterocycles. The van der Waals surface area contributed by atoms with Gasteiger partial charge in [-0.15, -0.1) is 0 Å². The molecule has 1 aromatic rings. The van der Waals surface area contributed by atoms with Gasteiger partial charge >= 0.3 is 0 Å². The average Bonchev–Trinajstić information content (AvgIpc) is 3.04. The van der Waals surface area contributed by atoms with Crippen LogP contribution in [0.3, 0.4) is 0 Å². The van der Waals surface area contributed by atoms with Crippen molar-refractivity contribution in [3.8, 4) is 0 Å². The second-order valence-corrected chi connectivity index (χ2v) is 5.93. The van der Waals surface area contributed by atoms with Crippen LogP contribution >= 0.6 is 23.8 Å². The van der Waals surface area contributed by atoms with Crippen LogP contribution in [0, 0.1) is 0 Å². The Morgan fingerprint density at radius 3 is 2.67 bits per heavy atom. The molecule has 2 heterocycles. The highest BCUT2D eigenvalue weighted by Gasteiger charge is 2.48. The number of hydrogen-bond donors (Lipinski definition) is 2. The Morgan fingerprint density at radius 2 is 1.95 bits per heavy atom. The molecule has 0 radical (unpaired) electrons. The highest BCUT2D eigenvalue weighted by molar-refractivity contribution is 7.80. The molecule has 0 amide bonds. The van der Waals surface area contributed by atoms with Crippen molar-refractivity contribution in [1.29, 1.82) is 0 Å². The van der Waals surface area contributed by atoms with Crippen LogP contribution in [0.25, 0.3) is 0 Å². The van der Waals surface area contributed by atoms with Gasteiger partial charge in [0.2, 0.25) is 0 Å². The summed E-state index contributed by atoms with van der Waals surface area (Å²) in [4.78, 5) is 0. The molecule has 0 unspecified atom stereocenters. The van der Waals surface area contributed by atoms with Crippen molar-refractivity contribution < 1.29 is 14.2 Å². The highest BCUT2D eigenvalue weighted by Crippen LogP contribution is 2.28. The van der Waals surface area contributed by atoms with Crippen LogP contribution in [0.15, 0.2) is 24.3 Å². The zero-order chi connectivity index (χ0) is 14.8. The number of fused-ring (bicyclic) bond motifs is 1. The molecule has 2 fully saturated rings. The largest absolute Gasteiger partial charge is 0.376 e. The Hall–Kier alpha value is -0.920. The zero-order valence-electron chi connectivity index (χ0n) is 11.5. The van der Waals surface area contributed by atoms with Gasteiger partial charge in [-0.1, -0.05) is 11.6 Å². The minimum absolute atomic E-state index is 0.000374. The first-order chi connectivity index (χ1) is 10.2. The normalized spacial score (nSPS) is 31.0. The fraction of sp³-hybridized carbons (Fsp3) is 0.500. The highest BCUT2D eigenvalue weighted by atomic mass is 35.5. The van der Waals surface area contributed by atoms with Gasteiger partial charge in [-0.05, 0) is 36.5 Å². The topological polar surface area (TPSA) is 51.8 Å². The summed E-state index contributed by atoms with van der Waals surface area (Å²) in [6.45, 7) is 1.11. The van der Waals surface area contributed by atoms with E-state index in [0.29, 0.717) is 23.3 Å². The van der Waals surface area contributed by atoms with Gasteiger partial charge in [0, 0.05) is 17.8 Å². The quantitative estimate of drug-likeness (QED) is 0.825. The lowest BCUT2D eigenvalue weighted by Gasteiger charge is -2.19. The average molecular weight is 329 g/mol. The van der Waals surface area contributed by atoms with E-state index in [1.54, 1.807) is 7.11 Å². The second kappa shape index (κ2) is 6.46. The Labute approximate surface area is 133 Å². The molecule has 5 nitrogen and oxygen atoms in total. The van der Waals surface area contributed by atoms with Crippen molar-refractivity contribution in [2.45, 2.75) is 24.4 Å². The summed E-state index contributed by atoms with van der Waals surface area (Å²) in [6.07, 6.45) is -0.0506. The third-order valence-corrected chi connectivity index (χ3v) is 4.20. The maximum Gasteiger partial charge on any atom is 0.171 e. The molecule has 1 aromatic carbocycles. The second-order valence-electron chi connectivity index (χ2n) is 5.08. The molecule has 0 bridgehead atoms. The third kappa shape index (κ3) is 3.30. The number of halogens is 1. The van der Waals surface area contributed by atoms with E-state index in [9.17, 15) is 0 Å². The predicted octanol–water partition coefficient (Wildman–Crippen LogP) is 1.81.